The molecule has 2 unspecified atom stereocenters. The molecule has 1 aliphatic carbocycles. The average Bonchev–Trinajstić information content (AvgIpc) is 2.76. The van der Waals surface area contributed by atoms with Crippen molar-refractivity contribution in [3.63, 3.8) is 0 Å². The second-order valence-electron chi connectivity index (χ2n) is 4.53. The molecule has 2 bridgehead atoms. The zero-order chi connectivity index (χ0) is 12.0. The fourth-order valence-electron chi connectivity index (χ4n) is 2.65. The van der Waals surface area contributed by atoms with E-state index in [0.29, 0.717) is 10.3 Å². The predicted molar refractivity (Wildman–Crippen MR) is 65.3 cm³/mol. The Morgan fingerprint density at radius 3 is 2.47 bits per heavy atom. The molecule has 1 aromatic rings. The maximum atomic E-state index is 12.2. The van der Waals surface area contributed by atoms with Crippen molar-refractivity contribution in [3.05, 3.63) is 22.8 Å². The molecular weight excluding hydrogens is 284 g/mol. The van der Waals surface area contributed by atoms with E-state index >= 15 is 0 Å². The van der Waals surface area contributed by atoms with Crippen molar-refractivity contribution < 1.29 is 9.59 Å². The van der Waals surface area contributed by atoms with Gasteiger partial charge in [-0.15, -0.1) is 0 Å². The van der Waals surface area contributed by atoms with Gasteiger partial charge in [-0.1, -0.05) is 0 Å². The van der Waals surface area contributed by atoms with Gasteiger partial charge in [0.1, 0.15) is 0 Å². The first-order chi connectivity index (χ1) is 8.18. The number of aromatic nitrogens is 1. The van der Waals surface area contributed by atoms with Crippen LogP contribution >= 0.6 is 15.9 Å². The van der Waals surface area contributed by atoms with Crippen LogP contribution in [0.1, 0.15) is 19.3 Å². The number of hydrogen-bond donors (Lipinski definition) is 0. The summed E-state index contributed by atoms with van der Waals surface area (Å²) < 4.78 is 0.683. The van der Waals surface area contributed by atoms with Crippen LogP contribution in [0.2, 0.25) is 0 Å². The summed E-state index contributed by atoms with van der Waals surface area (Å²) in [6.07, 6.45) is 3.97. The third-order valence-corrected chi connectivity index (χ3v) is 4.14. The summed E-state index contributed by atoms with van der Waals surface area (Å²) in [5.74, 6) is 0.253. The quantitative estimate of drug-likeness (QED) is 0.746. The topological polar surface area (TPSA) is 50.3 Å². The van der Waals surface area contributed by atoms with Gasteiger partial charge in [-0.25, -0.2) is 9.88 Å². The molecule has 2 fully saturated rings. The third-order valence-electron chi connectivity index (χ3n) is 3.52. The fraction of sp³-hybridized carbons (Fsp3) is 0.417. The lowest BCUT2D eigenvalue weighted by Gasteiger charge is -2.29. The lowest BCUT2D eigenvalue weighted by atomic mass is 9.97. The van der Waals surface area contributed by atoms with Gasteiger partial charge < -0.3 is 0 Å². The number of piperidine rings is 1. The van der Waals surface area contributed by atoms with Crippen molar-refractivity contribution in [1.82, 2.24) is 4.98 Å². The van der Waals surface area contributed by atoms with Crippen LogP contribution in [0.5, 0.6) is 0 Å². The van der Waals surface area contributed by atoms with Gasteiger partial charge in [0, 0.05) is 18.0 Å². The van der Waals surface area contributed by atoms with Crippen molar-refractivity contribution >= 4 is 33.6 Å². The molecule has 0 spiro atoms. The molecule has 2 aliphatic rings. The van der Waals surface area contributed by atoms with Gasteiger partial charge in [0.25, 0.3) is 0 Å². The largest absolute Gasteiger partial charge is 0.274 e. The minimum Gasteiger partial charge on any atom is -0.274 e. The Labute approximate surface area is 107 Å². The first-order valence-corrected chi connectivity index (χ1v) is 6.46. The van der Waals surface area contributed by atoms with Gasteiger partial charge in [-0.3, -0.25) is 9.59 Å². The maximum absolute atomic E-state index is 12.2. The zero-order valence-corrected chi connectivity index (χ0v) is 10.7. The van der Waals surface area contributed by atoms with E-state index in [1.807, 2.05) is 0 Å². The highest BCUT2D eigenvalue weighted by atomic mass is 79.9. The van der Waals surface area contributed by atoms with Gasteiger partial charge in [0.05, 0.1) is 4.47 Å². The van der Waals surface area contributed by atoms with E-state index in [2.05, 4.69) is 20.9 Å². The molecule has 2 atom stereocenters. The van der Waals surface area contributed by atoms with Gasteiger partial charge in [0.2, 0.25) is 11.8 Å². The maximum Gasteiger partial charge on any atom is 0.238 e. The first kappa shape index (κ1) is 10.9. The molecule has 3 rings (SSSR count). The van der Waals surface area contributed by atoms with Crippen molar-refractivity contribution in [3.8, 4) is 0 Å². The van der Waals surface area contributed by atoms with Crippen molar-refractivity contribution in [1.29, 1.82) is 0 Å². The van der Waals surface area contributed by atoms with Crippen LogP contribution in [0.15, 0.2) is 22.8 Å². The monoisotopic (exact) mass is 294 g/mol. The fourth-order valence-corrected chi connectivity index (χ4v) is 3.09. The number of nitrogens with zero attached hydrogens (tertiary/aromatic N) is 2. The van der Waals surface area contributed by atoms with E-state index in [4.69, 9.17) is 0 Å². The molecule has 5 heteroatoms. The van der Waals surface area contributed by atoms with E-state index in [0.717, 1.165) is 19.3 Å². The smallest absolute Gasteiger partial charge is 0.238 e. The molecule has 4 nitrogen and oxygen atoms in total. The van der Waals surface area contributed by atoms with Gasteiger partial charge in [0.15, 0.2) is 5.82 Å². The third kappa shape index (κ3) is 1.60. The lowest BCUT2D eigenvalue weighted by molar-refractivity contribution is -0.133. The van der Waals surface area contributed by atoms with Crippen LogP contribution in [-0.2, 0) is 9.59 Å². The number of imide groups is 1. The van der Waals surface area contributed by atoms with Crippen LogP contribution in [0.25, 0.3) is 0 Å². The summed E-state index contributed by atoms with van der Waals surface area (Å²) >= 11 is 3.34. The predicted octanol–water partition coefficient (Wildman–Crippen LogP) is 2.13. The number of carbonyl (C=O) groups excluding carboxylic acids is 2. The molecule has 1 saturated carbocycles. The highest BCUT2D eigenvalue weighted by molar-refractivity contribution is 9.10. The van der Waals surface area contributed by atoms with E-state index in [9.17, 15) is 9.59 Å². The van der Waals surface area contributed by atoms with E-state index in [1.54, 1.807) is 18.3 Å². The highest BCUT2D eigenvalue weighted by Gasteiger charge is 2.46. The first-order valence-electron chi connectivity index (χ1n) is 5.67. The van der Waals surface area contributed by atoms with Crippen LogP contribution in [0, 0.1) is 11.8 Å². The van der Waals surface area contributed by atoms with E-state index in [-0.39, 0.29) is 23.7 Å². The number of fused-ring (bicyclic) bond motifs is 2. The van der Waals surface area contributed by atoms with Crippen LogP contribution in [0.4, 0.5) is 5.82 Å². The van der Waals surface area contributed by atoms with E-state index < -0.39 is 0 Å². The zero-order valence-electron chi connectivity index (χ0n) is 9.10. The van der Waals surface area contributed by atoms with Gasteiger partial charge in [-0.05, 0) is 47.3 Å². The number of amides is 2. The molecule has 1 aliphatic heterocycles. The Balaban J connectivity index is 2.05. The molecule has 17 heavy (non-hydrogen) atoms. The molecule has 1 aromatic heterocycles. The van der Waals surface area contributed by atoms with E-state index in [1.165, 1.54) is 4.90 Å². The van der Waals surface area contributed by atoms with Crippen molar-refractivity contribution in [2.75, 3.05) is 4.90 Å². The minimum absolute atomic E-state index is 0.00612. The summed E-state index contributed by atoms with van der Waals surface area (Å²) in [5.41, 5.74) is 0. The minimum atomic E-state index is -0.0943. The molecule has 0 aromatic carbocycles. The van der Waals surface area contributed by atoms with Crippen LogP contribution in [0.3, 0.4) is 0 Å². The Hall–Kier alpha value is -1.23. The standard InChI is InChI=1S/C12H11BrN2O2/c13-9-2-1-5-14-10(9)15-11(16)7-3-4-8(6-7)12(15)17/h1-2,5,7-8H,3-4,6H2. The molecule has 88 valence electrons. The van der Waals surface area contributed by atoms with Crippen LogP contribution in [-0.4, -0.2) is 16.8 Å². The highest BCUT2D eigenvalue weighted by Crippen LogP contribution is 2.40. The summed E-state index contributed by atoms with van der Waals surface area (Å²) in [5, 5.41) is 0. The lowest BCUT2D eigenvalue weighted by Crippen LogP contribution is -2.47. The summed E-state index contributed by atoms with van der Waals surface area (Å²) in [7, 11) is 0. The molecule has 2 heterocycles. The Kier molecular flexibility index (Phi) is 2.50. The number of carbonyl (C=O) groups is 2. The average molecular weight is 295 g/mol. The van der Waals surface area contributed by atoms with Crippen molar-refractivity contribution in [2.45, 2.75) is 19.3 Å². The van der Waals surface area contributed by atoms with Crippen LogP contribution < -0.4 is 4.90 Å². The summed E-state index contributed by atoms with van der Waals surface area (Å²) in [6.45, 7) is 0. The molecule has 0 N–H and O–H groups in total. The number of rotatable bonds is 1. The number of hydrogen-bond acceptors (Lipinski definition) is 3. The number of anilines is 1. The summed E-state index contributed by atoms with van der Waals surface area (Å²) in [4.78, 5) is 29.8. The Morgan fingerprint density at radius 2 is 1.88 bits per heavy atom. The molecular formula is C12H11BrN2O2. The van der Waals surface area contributed by atoms with Gasteiger partial charge >= 0.3 is 0 Å². The molecule has 2 amide bonds. The second-order valence-corrected chi connectivity index (χ2v) is 5.38. The SMILES string of the molecule is O=C1C2CCC(C2)C(=O)N1c1ncccc1Br. The second kappa shape index (κ2) is 3.91. The Morgan fingerprint density at radius 1 is 1.24 bits per heavy atom. The number of pyridine rings is 1. The van der Waals surface area contributed by atoms with Crippen molar-refractivity contribution in [2.24, 2.45) is 11.8 Å². The normalized spacial score (nSPS) is 27.7. The number of halogens is 1. The Bertz CT molecular complexity index is 481. The van der Waals surface area contributed by atoms with Gasteiger partial charge in [-0.2, -0.15) is 0 Å². The molecule has 1 saturated heterocycles. The molecule has 0 radical (unpaired) electrons. The summed E-state index contributed by atoms with van der Waals surface area (Å²) in [6, 6.07) is 3.56.